The molecule has 0 spiro atoms. The molecule has 7 nitrogen and oxygen atoms in total. The number of hydrogen-bond donors (Lipinski definition) is 2. The summed E-state index contributed by atoms with van der Waals surface area (Å²) in [5.41, 5.74) is 0.805. The molecule has 2 aromatic rings. The van der Waals surface area contributed by atoms with Gasteiger partial charge in [0.25, 0.3) is 5.91 Å². The molecule has 0 radical (unpaired) electrons. The number of aromatic nitrogens is 2. The molecule has 1 aromatic carbocycles. The van der Waals surface area contributed by atoms with Crippen molar-refractivity contribution in [2.75, 3.05) is 5.32 Å². The lowest BCUT2D eigenvalue weighted by Crippen LogP contribution is -2.14. The average Bonchev–Trinajstić information content (AvgIpc) is 2.39. The Morgan fingerprint density at radius 1 is 1.11 bits per heavy atom. The Balaban J connectivity index is 2.15. The highest BCUT2D eigenvalue weighted by molar-refractivity contribution is 7.89. The van der Waals surface area contributed by atoms with Crippen molar-refractivity contribution in [3.63, 3.8) is 0 Å². The van der Waals surface area contributed by atoms with Crippen LogP contribution in [0.25, 0.3) is 0 Å². The molecule has 0 atom stereocenters. The summed E-state index contributed by atoms with van der Waals surface area (Å²) in [5.74, 6) is -0.363. The van der Waals surface area contributed by atoms with Gasteiger partial charge in [0.05, 0.1) is 22.9 Å². The Morgan fingerprint density at radius 3 is 2.32 bits per heavy atom. The van der Waals surface area contributed by atoms with E-state index in [0.29, 0.717) is 11.3 Å². The fourth-order valence-electron chi connectivity index (χ4n) is 1.36. The van der Waals surface area contributed by atoms with Gasteiger partial charge in [-0.05, 0) is 30.3 Å². The van der Waals surface area contributed by atoms with Gasteiger partial charge in [-0.15, -0.1) is 0 Å². The summed E-state index contributed by atoms with van der Waals surface area (Å²) in [6, 6.07) is 7.05. The van der Waals surface area contributed by atoms with Gasteiger partial charge >= 0.3 is 0 Å². The molecule has 0 unspecified atom stereocenters. The van der Waals surface area contributed by atoms with Gasteiger partial charge in [0, 0.05) is 5.69 Å². The summed E-state index contributed by atoms with van der Waals surface area (Å²) in [6.45, 7) is 0. The highest BCUT2D eigenvalue weighted by atomic mass is 32.2. The minimum atomic E-state index is -3.73. The molecule has 0 fully saturated rings. The number of rotatable bonds is 3. The summed E-state index contributed by atoms with van der Waals surface area (Å²) in [6.07, 6.45) is 2.73. The van der Waals surface area contributed by atoms with Crippen LogP contribution in [0.2, 0.25) is 0 Å². The fourth-order valence-corrected chi connectivity index (χ4v) is 1.87. The van der Waals surface area contributed by atoms with E-state index in [1.165, 1.54) is 42.7 Å². The van der Waals surface area contributed by atoms with Gasteiger partial charge < -0.3 is 5.32 Å². The van der Waals surface area contributed by atoms with Crippen LogP contribution in [0.3, 0.4) is 0 Å². The number of carbonyl (C=O) groups excluding carboxylic acids is 1. The molecule has 98 valence electrons. The number of primary sulfonamides is 1. The van der Waals surface area contributed by atoms with Crippen LogP contribution in [0.1, 0.15) is 10.4 Å². The molecule has 8 heteroatoms. The van der Waals surface area contributed by atoms with E-state index in [4.69, 9.17) is 5.14 Å². The minimum Gasteiger partial charge on any atom is -0.322 e. The number of nitrogens with two attached hydrogens (primary N) is 1. The maximum atomic E-state index is 11.8. The van der Waals surface area contributed by atoms with E-state index < -0.39 is 10.0 Å². The van der Waals surface area contributed by atoms with E-state index in [0.717, 1.165) is 0 Å². The van der Waals surface area contributed by atoms with Gasteiger partial charge in [-0.1, -0.05) is 0 Å². The largest absolute Gasteiger partial charge is 0.322 e. The Bertz CT molecular complexity index is 684. The van der Waals surface area contributed by atoms with Crippen molar-refractivity contribution in [3.8, 4) is 0 Å². The highest BCUT2D eigenvalue weighted by Crippen LogP contribution is 2.13. The predicted molar refractivity (Wildman–Crippen MR) is 67.8 cm³/mol. The topological polar surface area (TPSA) is 115 Å². The van der Waals surface area contributed by atoms with E-state index in [1.54, 1.807) is 0 Å². The Labute approximate surface area is 109 Å². The normalized spacial score (nSPS) is 11.0. The van der Waals surface area contributed by atoms with Gasteiger partial charge in [-0.25, -0.2) is 13.6 Å². The first-order valence-electron chi connectivity index (χ1n) is 5.18. The zero-order valence-electron chi connectivity index (χ0n) is 9.65. The maximum absolute atomic E-state index is 11.8. The Morgan fingerprint density at radius 2 is 1.79 bits per heavy atom. The molecule has 3 N–H and O–H groups in total. The van der Waals surface area contributed by atoms with E-state index >= 15 is 0 Å². The summed E-state index contributed by atoms with van der Waals surface area (Å²) in [5, 5.41) is 14.7. The number of carbonyl (C=O) groups is 1. The van der Waals surface area contributed by atoms with Crippen molar-refractivity contribution in [1.29, 1.82) is 0 Å². The molecule has 0 saturated carbocycles. The molecular weight excluding hydrogens is 268 g/mol. The SMILES string of the molecule is NS(=O)(=O)c1ccc(NC(=O)c2ccnnc2)cc1. The summed E-state index contributed by atoms with van der Waals surface area (Å²) < 4.78 is 22.1. The molecule has 1 heterocycles. The fraction of sp³-hybridized carbons (Fsp3) is 0. The molecule has 0 aliphatic rings. The predicted octanol–water partition coefficient (Wildman–Crippen LogP) is 0.376. The number of hydrogen-bond acceptors (Lipinski definition) is 5. The van der Waals surface area contributed by atoms with Crippen molar-refractivity contribution in [1.82, 2.24) is 10.2 Å². The van der Waals surface area contributed by atoms with E-state index in [-0.39, 0.29) is 10.8 Å². The van der Waals surface area contributed by atoms with Crippen molar-refractivity contribution in [2.45, 2.75) is 4.90 Å². The highest BCUT2D eigenvalue weighted by Gasteiger charge is 2.09. The van der Waals surface area contributed by atoms with Gasteiger partial charge in [0.15, 0.2) is 0 Å². The maximum Gasteiger partial charge on any atom is 0.257 e. The van der Waals surface area contributed by atoms with Crippen LogP contribution in [0, 0.1) is 0 Å². The first kappa shape index (κ1) is 13.1. The van der Waals surface area contributed by atoms with Gasteiger partial charge in [-0.3, -0.25) is 4.79 Å². The molecule has 0 saturated heterocycles. The number of amides is 1. The summed E-state index contributed by atoms with van der Waals surface area (Å²) in [4.78, 5) is 11.8. The lowest BCUT2D eigenvalue weighted by molar-refractivity contribution is 0.102. The minimum absolute atomic E-state index is 0.0175. The third-order valence-corrected chi connectivity index (χ3v) is 3.22. The molecule has 19 heavy (non-hydrogen) atoms. The lowest BCUT2D eigenvalue weighted by atomic mass is 10.2. The average molecular weight is 278 g/mol. The first-order valence-corrected chi connectivity index (χ1v) is 6.72. The zero-order valence-corrected chi connectivity index (χ0v) is 10.5. The molecule has 0 bridgehead atoms. The van der Waals surface area contributed by atoms with Crippen LogP contribution >= 0.6 is 0 Å². The third-order valence-electron chi connectivity index (χ3n) is 2.29. The van der Waals surface area contributed by atoms with Crippen LogP contribution in [0.4, 0.5) is 5.69 Å². The smallest absolute Gasteiger partial charge is 0.257 e. The third kappa shape index (κ3) is 3.33. The van der Waals surface area contributed by atoms with Crippen LogP contribution < -0.4 is 10.5 Å². The molecule has 2 rings (SSSR count). The second kappa shape index (κ2) is 5.12. The summed E-state index contributed by atoms with van der Waals surface area (Å²) in [7, 11) is -3.73. The standard InChI is InChI=1S/C11H10N4O3S/c12-19(17,18)10-3-1-9(2-4-10)15-11(16)8-5-6-13-14-7-8/h1-7H,(H,15,16)(H2,12,17,18). The Hall–Kier alpha value is -2.32. The van der Waals surface area contributed by atoms with Gasteiger partial charge in [-0.2, -0.15) is 10.2 Å². The van der Waals surface area contributed by atoms with Crippen LogP contribution in [0.5, 0.6) is 0 Å². The zero-order chi connectivity index (χ0) is 13.9. The van der Waals surface area contributed by atoms with E-state index in [9.17, 15) is 13.2 Å². The molecule has 0 aliphatic heterocycles. The van der Waals surface area contributed by atoms with Crippen LogP contribution in [0.15, 0.2) is 47.6 Å². The quantitative estimate of drug-likeness (QED) is 0.842. The molecule has 1 amide bonds. The number of benzene rings is 1. The summed E-state index contributed by atoms with van der Waals surface area (Å²) >= 11 is 0. The second-order valence-electron chi connectivity index (χ2n) is 3.65. The molecule has 1 aromatic heterocycles. The number of sulfonamides is 1. The molecular formula is C11H10N4O3S. The van der Waals surface area contributed by atoms with E-state index in [2.05, 4.69) is 15.5 Å². The lowest BCUT2D eigenvalue weighted by Gasteiger charge is -2.05. The monoisotopic (exact) mass is 278 g/mol. The molecule has 0 aliphatic carbocycles. The van der Waals surface area contributed by atoms with Gasteiger partial charge in [0.2, 0.25) is 10.0 Å². The van der Waals surface area contributed by atoms with E-state index in [1.807, 2.05) is 0 Å². The van der Waals surface area contributed by atoms with Crippen molar-refractivity contribution >= 4 is 21.6 Å². The van der Waals surface area contributed by atoms with Crippen LogP contribution in [-0.4, -0.2) is 24.5 Å². The number of nitrogens with one attached hydrogen (secondary N) is 1. The number of anilines is 1. The van der Waals surface area contributed by atoms with Gasteiger partial charge in [0.1, 0.15) is 0 Å². The number of nitrogens with zero attached hydrogens (tertiary/aromatic N) is 2. The first-order chi connectivity index (χ1) is 8.97. The van der Waals surface area contributed by atoms with Crippen molar-refractivity contribution < 1.29 is 13.2 Å². The van der Waals surface area contributed by atoms with Crippen molar-refractivity contribution in [3.05, 3.63) is 48.3 Å². The van der Waals surface area contributed by atoms with Crippen molar-refractivity contribution in [2.24, 2.45) is 5.14 Å². The second-order valence-corrected chi connectivity index (χ2v) is 5.22. The Kier molecular flexibility index (Phi) is 3.54. The van der Waals surface area contributed by atoms with Crippen LogP contribution in [-0.2, 0) is 10.0 Å².